The first kappa shape index (κ1) is 18.3. The predicted octanol–water partition coefficient (Wildman–Crippen LogP) is 3.70. The number of hydrogen-bond acceptors (Lipinski definition) is 2. The average Bonchev–Trinajstić information content (AvgIpc) is 2.37. The predicted molar refractivity (Wildman–Crippen MR) is 75.8 cm³/mol. The molecule has 0 unspecified atom stereocenters. The zero-order valence-electron chi connectivity index (χ0n) is 11.7. The number of alkyl halides is 4. The molecular formula is C13H17ClF3NO2S. The molecule has 0 saturated carbocycles. The summed E-state index contributed by atoms with van der Waals surface area (Å²) in [6.45, 7) is 1.49. The van der Waals surface area contributed by atoms with Gasteiger partial charge in [0.2, 0.25) is 10.0 Å². The number of aryl methyl sites for hydroxylation is 1. The zero-order chi connectivity index (χ0) is 16.3. The van der Waals surface area contributed by atoms with Gasteiger partial charge in [-0.1, -0.05) is 19.1 Å². The van der Waals surface area contributed by atoms with E-state index in [4.69, 9.17) is 11.6 Å². The number of nitrogens with zero attached hydrogens (tertiary/aromatic N) is 1. The van der Waals surface area contributed by atoms with Crippen molar-refractivity contribution in [1.29, 1.82) is 0 Å². The van der Waals surface area contributed by atoms with E-state index >= 15 is 0 Å². The fraction of sp³-hybridized carbons (Fsp3) is 0.538. The SMILES string of the molecule is CCCN(CC(F)(F)F)S(=O)(=O)c1cc(CCl)ccc1C. The Morgan fingerprint density at radius 1 is 1.29 bits per heavy atom. The van der Waals surface area contributed by atoms with Crippen LogP contribution < -0.4 is 0 Å². The van der Waals surface area contributed by atoms with Crippen molar-refractivity contribution in [2.24, 2.45) is 0 Å². The molecule has 0 amide bonds. The van der Waals surface area contributed by atoms with Crippen LogP contribution in [0.15, 0.2) is 23.1 Å². The Bertz CT molecular complexity index is 588. The summed E-state index contributed by atoms with van der Waals surface area (Å²) in [6.07, 6.45) is -4.29. The second-order valence-corrected chi connectivity index (χ2v) is 6.86. The third-order valence-electron chi connectivity index (χ3n) is 2.85. The molecule has 0 aliphatic heterocycles. The Labute approximate surface area is 127 Å². The van der Waals surface area contributed by atoms with Gasteiger partial charge in [0.1, 0.15) is 6.54 Å². The average molecular weight is 344 g/mol. The molecule has 0 radical (unpaired) electrons. The van der Waals surface area contributed by atoms with Gasteiger partial charge in [0.05, 0.1) is 4.90 Å². The van der Waals surface area contributed by atoms with Crippen molar-refractivity contribution in [2.45, 2.75) is 37.2 Å². The van der Waals surface area contributed by atoms with Crippen LogP contribution in [-0.2, 0) is 15.9 Å². The Morgan fingerprint density at radius 3 is 2.38 bits per heavy atom. The van der Waals surface area contributed by atoms with E-state index in [0.717, 1.165) is 0 Å². The molecule has 0 bridgehead atoms. The van der Waals surface area contributed by atoms with E-state index in [1.807, 2.05) is 0 Å². The van der Waals surface area contributed by atoms with Crippen molar-refractivity contribution in [3.63, 3.8) is 0 Å². The standard InChI is InChI=1S/C13H17ClF3NO2S/c1-3-6-18(9-13(15,16)17)21(19,20)12-7-11(8-14)5-4-10(12)2/h4-5,7H,3,6,8-9H2,1-2H3. The van der Waals surface area contributed by atoms with Gasteiger partial charge in [-0.05, 0) is 30.5 Å². The lowest BCUT2D eigenvalue weighted by atomic mass is 10.2. The van der Waals surface area contributed by atoms with Gasteiger partial charge < -0.3 is 0 Å². The van der Waals surface area contributed by atoms with Crippen LogP contribution in [0.2, 0.25) is 0 Å². The Morgan fingerprint density at radius 2 is 1.90 bits per heavy atom. The Hall–Kier alpha value is -0.790. The van der Waals surface area contributed by atoms with Gasteiger partial charge in [-0.2, -0.15) is 17.5 Å². The first-order valence-corrected chi connectivity index (χ1v) is 8.31. The van der Waals surface area contributed by atoms with Gasteiger partial charge >= 0.3 is 6.18 Å². The summed E-state index contributed by atoms with van der Waals surface area (Å²) in [4.78, 5) is -0.127. The van der Waals surface area contributed by atoms with Crippen molar-refractivity contribution in [2.75, 3.05) is 13.1 Å². The number of hydrogen-bond donors (Lipinski definition) is 0. The first-order chi connectivity index (χ1) is 9.61. The summed E-state index contributed by atoms with van der Waals surface area (Å²) < 4.78 is 63.2. The lowest BCUT2D eigenvalue weighted by Crippen LogP contribution is -2.39. The normalized spacial score (nSPS) is 12.9. The lowest BCUT2D eigenvalue weighted by Gasteiger charge is -2.24. The molecule has 0 aromatic heterocycles. The van der Waals surface area contributed by atoms with Crippen molar-refractivity contribution in [1.82, 2.24) is 4.31 Å². The monoisotopic (exact) mass is 343 g/mol. The molecule has 0 atom stereocenters. The largest absolute Gasteiger partial charge is 0.402 e. The van der Waals surface area contributed by atoms with E-state index in [0.29, 0.717) is 21.9 Å². The van der Waals surface area contributed by atoms with Crippen molar-refractivity contribution < 1.29 is 21.6 Å². The maximum absolute atomic E-state index is 12.6. The number of sulfonamides is 1. The smallest absolute Gasteiger partial charge is 0.207 e. The number of benzene rings is 1. The fourth-order valence-electron chi connectivity index (χ4n) is 1.88. The van der Waals surface area contributed by atoms with Gasteiger partial charge in [0.25, 0.3) is 0 Å². The van der Waals surface area contributed by atoms with Crippen LogP contribution in [-0.4, -0.2) is 32.0 Å². The summed E-state index contributed by atoms with van der Waals surface area (Å²) in [5.41, 5.74) is 0.941. The highest BCUT2D eigenvalue weighted by Gasteiger charge is 2.37. The van der Waals surface area contributed by atoms with Crippen molar-refractivity contribution >= 4 is 21.6 Å². The van der Waals surface area contributed by atoms with Gasteiger partial charge in [-0.15, -0.1) is 11.6 Å². The van der Waals surface area contributed by atoms with E-state index in [1.54, 1.807) is 26.0 Å². The quantitative estimate of drug-likeness (QED) is 0.739. The lowest BCUT2D eigenvalue weighted by molar-refractivity contribution is -0.136. The molecule has 8 heteroatoms. The number of rotatable bonds is 6. The summed E-state index contributed by atoms with van der Waals surface area (Å²) in [6, 6.07) is 4.52. The van der Waals surface area contributed by atoms with E-state index < -0.39 is 22.7 Å². The topological polar surface area (TPSA) is 37.4 Å². The highest BCUT2D eigenvalue weighted by molar-refractivity contribution is 7.89. The van der Waals surface area contributed by atoms with Crippen molar-refractivity contribution in [3.8, 4) is 0 Å². The molecule has 1 rings (SSSR count). The molecular weight excluding hydrogens is 327 g/mol. The fourth-order valence-corrected chi connectivity index (χ4v) is 3.84. The molecule has 3 nitrogen and oxygen atoms in total. The van der Waals surface area contributed by atoms with Crippen LogP contribution in [0.4, 0.5) is 13.2 Å². The van der Waals surface area contributed by atoms with E-state index in [2.05, 4.69) is 0 Å². The molecule has 0 saturated heterocycles. The Kier molecular flexibility index (Phi) is 6.07. The minimum Gasteiger partial charge on any atom is -0.207 e. The molecule has 21 heavy (non-hydrogen) atoms. The van der Waals surface area contributed by atoms with Gasteiger partial charge in [0.15, 0.2) is 0 Å². The molecule has 1 aromatic rings. The van der Waals surface area contributed by atoms with Crippen LogP contribution in [0, 0.1) is 6.92 Å². The third-order valence-corrected chi connectivity index (χ3v) is 5.15. The van der Waals surface area contributed by atoms with Crippen LogP contribution in [0.25, 0.3) is 0 Å². The van der Waals surface area contributed by atoms with Crippen LogP contribution >= 0.6 is 11.6 Å². The maximum atomic E-state index is 12.6. The molecule has 0 heterocycles. The second-order valence-electron chi connectivity index (χ2n) is 4.69. The van der Waals surface area contributed by atoms with E-state index in [1.165, 1.54) is 6.07 Å². The molecule has 0 fully saturated rings. The summed E-state index contributed by atoms with van der Waals surface area (Å²) in [5.74, 6) is 0.0931. The summed E-state index contributed by atoms with van der Waals surface area (Å²) in [7, 11) is -4.20. The van der Waals surface area contributed by atoms with Gasteiger partial charge in [-0.25, -0.2) is 8.42 Å². The van der Waals surface area contributed by atoms with E-state index in [-0.39, 0.29) is 17.3 Å². The molecule has 1 aromatic carbocycles. The summed E-state index contributed by atoms with van der Waals surface area (Å²) in [5, 5.41) is 0. The molecule has 0 N–H and O–H groups in total. The summed E-state index contributed by atoms with van der Waals surface area (Å²) >= 11 is 5.66. The zero-order valence-corrected chi connectivity index (χ0v) is 13.3. The first-order valence-electron chi connectivity index (χ1n) is 6.34. The van der Waals surface area contributed by atoms with Gasteiger partial charge in [0, 0.05) is 12.4 Å². The van der Waals surface area contributed by atoms with Crippen LogP contribution in [0.1, 0.15) is 24.5 Å². The maximum Gasteiger partial charge on any atom is 0.402 e. The minimum atomic E-state index is -4.58. The number of halogens is 4. The van der Waals surface area contributed by atoms with Gasteiger partial charge in [-0.3, -0.25) is 0 Å². The highest BCUT2D eigenvalue weighted by Crippen LogP contribution is 2.26. The molecule has 0 aliphatic carbocycles. The Balaban J connectivity index is 3.28. The minimum absolute atomic E-state index is 0.0931. The second kappa shape index (κ2) is 6.98. The third kappa shape index (κ3) is 4.86. The van der Waals surface area contributed by atoms with E-state index in [9.17, 15) is 21.6 Å². The highest BCUT2D eigenvalue weighted by atomic mass is 35.5. The molecule has 120 valence electrons. The van der Waals surface area contributed by atoms with Crippen LogP contribution in [0.3, 0.4) is 0 Å². The van der Waals surface area contributed by atoms with Crippen molar-refractivity contribution in [3.05, 3.63) is 29.3 Å². The molecule has 0 aliphatic rings. The van der Waals surface area contributed by atoms with Crippen LogP contribution in [0.5, 0.6) is 0 Å². The molecule has 0 spiro atoms.